The topological polar surface area (TPSA) is 85.9 Å². The first-order valence-electron chi connectivity index (χ1n) is 11.0. The third-order valence-electron chi connectivity index (χ3n) is 5.85. The van der Waals surface area contributed by atoms with Crippen molar-refractivity contribution in [2.45, 2.75) is 44.1 Å². The number of likely N-dealkylation sites (N-methyl/N-ethyl adjacent to an activating group) is 1. The minimum atomic E-state index is -0.387. The van der Waals surface area contributed by atoms with Gasteiger partial charge in [0.15, 0.2) is 0 Å². The van der Waals surface area contributed by atoms with E-state index in [1.54, 1.807) is 11.8 Å². The number of allylic oxidation sites excluding steroid dienone is 2. The van der Waals surface area contributed by atoms with Crippen molar-refractivity contribution in [2.24, 2.45) is 0 Å². The largest absolute Gasteiger partial charge is 0.420 e. The van der Waals surface area contributed by atoms with Crippen LogP contribution < -0.4 is 4.90 Å². The maximum Gasteiger partial charge on any atom is 0.247 e. The Morgan fingerprint density at radius 2 is 1.97 bits per heavy atom. The number of aliphatic hydroxyl groups excluding tert-OH is 2. The second kappa shape index (κ2) is 11.7. The Kier molecular flexibility index (Phi) is 8.92. The van der Waals surface area contributed by atoms with Gasteiger partial charge in [-0.1, -0.05) is 6.08 Å². The van der Waals surface area contributed by atoms with Crippen LogP contribution in [-0.4, -0.2) is 71.8 Å². The lowest BCUT2D eigenvalue weighted by molar-refractivity contribution is 0.227. The smallest absolute Gasteiger partial charge is 0.247 e. The van der Waals surface area contributed by atoms with E-state index in [1.807, 2.05) is 6.92 Å². The molecule has 1 aliphatic carbocycles. The van der Waals surface area contributed by atoms with E-state index in [9.17, 15) is 5.11 Å². The zero-order chi connectivity index (χ0) is 23.1. The number of aromatic nitrogens is 2. The number of anilines is 1. The van der Waals surface area contributed by atoms with Crippen molar-refractivity contribution in [3.63, 3.8) is 0 Å². The van der Waals surface area contributed by atoms with Crippen LogP contribution in [0.1, 0.15) is 32.1 Å². The molecule has 2 N–H and O–H groups in total. The molecule has 8 heteroatoms. The average molecular weight is 459 g/mol. The van der Waals surface area contributed by atoms with Crippen LogP contribution in [-0.2, 0) is 5.75 Å². The summed E-state index contributed by atoms with van der Waals surface area (Å²) in [5.41, 5.74) is 3.27. The van der Waals surface area contributed by atoms with Crippen molar-refractivity contribution in [1.29, 1.82) is 0 Å². The molecule has 7 nitrogen and oxygen atoms in total. The molecule has 1 aromatic carbocycles. The average Bonchev–Trinajstić information content (AvgIpc) is 3.50. The summed E-state index contributed by atoms with van der Waals surface area (Å²) in [4.78, 5) is 5.89. The van der Waals surface area contributed by atoms with Gasteiger partial charge < -0.3 is 24.4 Å². The van der Waals surface area contributed by atoms with Crippen molar-refractivity contribution < 1.29 is 14.6 Å². The highest BCUT2D eigenvalue weighted by Crippen LogP contribution is 2.31. The minimum Gasteiger partial charge on any atom is -0.420 e. The lowest BCUT2D eigenvalue weighted by atomic mass is 10.0. The first-order valence-corrected chi connectivity index (χ1v) is 12.0. The predicted molar refractivity (Wildman–Crippen MR) is 131 cm³/mol. The van der Waals surface area contributed by atoms with Crippen LogP contribution in [0.4, 0.5) is 5.69 Å². The Bertz CT molecular complexity index is 922. The lowest BCUT2D eigenvalue weighted by Gasteiger charge is -2.21. The summed E-state index contributed by atoms with van der Waals surface area (Å²) in [6.45, 7) is 3.97. The Morgan fingerprint density at radius 3 is 2.62 bits per heavy atom. The molecule has 0 amide bonds. The summed E-state index contributed by atoms with van der Waals surface area (Å²) < 4.78 is 5.89. The molecule has 0 radical (unpaired) electrons. The van der Waals surface area contributed by atoms with E-state index in [-0.39, 0.29) is 6.10 Å². The van der Waals surface area contributed by atoms with Gasteiger partial charge in [-0.15, -0.1) is 22.0 Å². The molecule has 32 heavy (non-hydrogen) atoms. The third-order valence-corrected chi connectivity index (χ3v) is 6.85. The van der Waals surface area contributed by atoms with Crippen LogP contribution in [0.5, 0.6) is 0 Å². The molecule has 1 aliphatic heterocycles. The SMILES string of the molecule is CC(O)C1=CC(SCc2nnc(-c3ccc(N4CCC(N(C)C)C4)cc3)o2)=CCC1.CO. The standard InChI is InChI=1S/C23H30N4O2S.CH4O/c1-16(28)18-5-4-6-21(13-18)30-15-22-24-25-23(29-22)17-7-9-19(10-8-17)27-12-11-20(14-27)26(2)3;1-2/h6-10,13,16,20,28H,4-5,11-12,14-15H2,1-3H3;2H,1H3. The highest BCUT2D eigenvalue weighted by Gasteiger charge is 2.24. The van der Waals surface area contributed by atoms with Gasteiger partial charge in [0.05, 0.1) is 11.9 Å². The minimum absolute atomic E-state index is 0.387. The number of hydrogen-bond donors (Lipinski definition) is 2. The van der Waals surface area contributed by atoms with Crippen molar-refractivity contribution in [3.8, 4) is 11.5 Å². The predicted octanol–water partition coefficient (Wildman–Crippen LogP) is 3.70. The van der Waals surface area contributed by atoms with Gasteiger partial charge in [0.2, 0.25) is 11.8 Å². The van der Waals surface area contributed by atoms with Crippen LogP contribution in [0.3, 0.4) is 0 Å². The highest BCUT2D eigenvalue weighted by atomic mass is 32.2. The maximum atomic E-state index is 9.78. The van der Waals surface area contributed by atoms with Gasteiger partial charge in [0, 0.05) is 42.4 Å². The second-order valence-electron chi connectivity index (χ2n) is 8.23. The van der Waals surface area contributed by atoms with Crippen LogP contribution in [0.25, 0.3) is 11.5 Å². The molecule has 0 saturated carbocycles. The fraction of sp³-hybridized carbons (Fsp3) is 0.500. The molecule has 2 unspecified atom stereocenters. The quantitative estimate of drug-likeness (QED) is 0.650. The Hall–Kier alpha value is -2.13. The second-order valence-corrected chi connectivity index (χ2v) is 9.28. The van der Waals surface area contributed by atoms with Crippen LogP contribution in [0, 0.1) is 0 Å². The van der Waals surface area contributed by atoms with E-state index in [2.05, 4.69) is 70.5 Å². The first kappa shape index (κ1) is 24.5. The number of nitrogens with zero attached hydrogens (tertiary/aromatic N) is 4. The summed E-state index contributed by atoms with van der Waals surface area (Å²) in [7, 11) is 5.30. The van der Waals surface area contributed by atoms with Crippen molar-refractivity contribution in [3.05, 3.63) is 52.8 Å². The van der Waals surface area contributed by atoms with Gasteiger partial charge in [0.25, 0.3) is 0 Å². The van der Waals surface area contributed by atoms with E-state index >= 15 is 0 Å². The number of hydrogen-bond acceptors (Lipinski definition) is 8. The zero-order valence-electron chi connectivity index (χ0n) is 19.4. The zero-order valence-corrected chi connectivity index (χ0v) is 20.2. The fourth-order valence-corrected chi connectivity index (χ4v) is 4.79. The molecular formula is C24H34N4O3S. The summed E-state index contributed by atoms with van der Waals surface area (Å²) in [6, 6.07) is 9.02. The Balaban J connectivity index is 0.00000141. The molecule has 2 aromatic rings. The number of thioether (sulfide) groups is 1. The molecule has 1 aromatic heterocycles. The van der Waals surface area contributed by atoms with Gasteiger partial charge in [-0.05, 0) is 76.2 Å². The maximum absolute atomic E-state index is 9.78. The van der Waals surface area contributed by atoms with E-state index in [0.29, 0.717) is 23.6 Å². The van der Waals surface area contributed by atoms with Crippen LogP contribution in [0.2, 0.25) is 0 Å². The van der Waals surface area contributed by atoms with Crippen molar-refractivity contribution in [1.82, 2.24) is 15.1 Å². The number of aliphatic hydroxyl groups is 2. The Labute approximate surface area is 194 Å². The third kappa shape index (κ3) is 6.22. The molecule has 2 atom stereocenters. The number of rotatable bonds is 7. The summed E-state index contributed by atoms with van der Waals surface area (Å²) >= 11 is 1.67. The van der Waals surface area contributed by atoms with E-state index in [4.69, 9.17) is 9.52 Å². The van der Waals surface area contributed by atoms with Gasteiger partial charge in [-0.3, -0.25) is 0 Å². The monoisotopic (exact) mass is 458 g/mol. The fourth-order valence-electron chi connectivity index (χ4n) is 3.91. The molecule has 0 spiro atoms. The molecule has 2 aliphatic rings. The van der Waals surface area contributed by atoms with Crippen LogP contribution in [0.15, 0.2) is 51.3 Å². The first-order chi connectivity index (χ1) is 15.5. The van der Waals surface area contributed by atoms with E-state index in [0.717, 1.165) is 49.1 Å². The summed E-state index contributed by atoms with van der Waals surface area (Å²) in [5, 5.41) is 25.2. The van der Waals surface area contributed by atoms with Gasteiger partial charge in [-0.2, -0.15) is 0 Å². The highest BCUT2D eigenvalue weighted by molar-refractivity contribution is 8.02. The van der Waals surface area contributed by atoms with Crippen molar-refractivity contribution >= 4 is 17.4 Å². The summed E-state index contributed by atoms with van der Waals surface area (Å²) in [6.07, 6.45) is 6.98. The van der Waals surface area contributed by atoms with Gasteiger partial charge in [0.1, 0.15) is 0 Å². The van der Waals surface area contributed by atoms with Gasteiger partial charge in [-0.25, -0.2) is 0 Å². The van der Waals surface area contributed by atoms with E-state index in [1.165, 1.54) is 12.1 Å². The molecule has 4 rings (SSSR count). The molecule has 0 bridgehead atoms. The molecule has 1 fully saturated rings. The molecule has 174 valence electrons. The van der Waals surface area contributed by atoms with Gasteiger partial charge >= 0.3 is 0 Å². The summed E-state index contributed by atoms with van der Waals surface area (Å²) in [5.74, 6) is 1.80. The molecule has 2 heterocycles. The number of benzene rings is 1. The molecule has 1 saturated heterocycles. The lowest BCUT2D eigenvalue weighted by Crippen LogP contribution is -2.31. The Morgan fingerprint density at radius 1 is 1.22 bits per heavy atom. The molecular weight excluding hydrogens is 424 g/mol. The van der Waals surface area contributed by atoms with Crippen molar-refractivity contribution in [2.75, 3.05) is 39.2 Å². The van der Waals surface area contributed by atoms with Crippen LogP contribution >= 0.6 is 11.8 Å². The van der Waals surface area contributed by atoms with E-state index < -0.39 is 0 Å². The normalized spacial score (nSPS) is 19.3.